The van der Waals surface area contributed by atoms with Crippen LogP contribution >= 0.6 is 0 Å². The van der Waals surface area contributed by atoms with E-state index in [0.717, 1.165) is 11.3 Å². The van der Waals surface area contributed by atoms with Gasteiger partial charge in [0.05, 0.1) is 17.9 Å². The van der Waals surface area contributed by atoms with Gasteiger partial charge in [0.2, 0.25) is 0 Å². The number of carbonyl (C=O) groups excluding carboxylic acids is 2. The molecule has 0 fully saturated rings. The van der Waals surface area contributed by atoms with Gasteiger partial charge in [-0.1, -0.05) is 29.8 Å². The molecule has 158 valence electrons. The Bertz CT molecular complexity index is 858. The van der Waals surface area contributed by atoms with Gasteiger partial charge in [-0.25, -0.2) is 4.79 Å². The molecular weight excluding hydrogens is 366 g/mol. The third kappa shape index (κ3) is 5.25. The third-order valence-electron chi connectivity index (χ3n) is 5.04. The minimum absolute atomic E-state index is 0.0318. The highest BCUT2D eigenvalue weighted by Gasteiger charge is 2.29. The van der Waals surface area contributed by atoms with E-state index >= 15 is 0 Å². The topological polar surface area (TPSA) is 64.4 Å². The summed E-state index contributed by atoms with van der Waals surface area (Å²) in [6, 6.07) is 8.28. The molecule has 0 radical (unpaired) electrons. The highest BCUT2D eigenvalue weighted by Crippen LogP contribution is 2.18. The van der Waals surface area contributed by atoms with Crippen LogP contribution < -0.4 is 0 Å². The van der Waals surface area contributed by atoms with Crippen LogP contribution in [0.4, 0.5) is 0 Å². The normalized spacial score (nSPS) is 12.3. The average Bonchev–Trinajstić information content (AvgIpc) is 2.89. The Labute approximate surface area is 173 Å². The number of benzene rings is 1. The number of hydrogen-bond donors (Lipinski definition) is 0. The number of aromatic nitrogens is 2. The van der Waals surface area contributed by atoms with Gasteiger partial charge < -0.3 is 9.64 Å². The van der Waals surface area contributed by atoms with E-state index in [4.69, 9.17) is 4.74 Å². The summed E-state index contributed by atoms with van der Waals surface area (Å²) < 4.78 is 7.34. The quantitative estimate of drug-likeness (QED) is 0.659. The largest absolute Gasteiger partial charge is 0.449 e. The summed E-state index contributed by atoms with van der Waals surface area (Å²) in [7, 11) is 0. The first kappa shape index (κ1) is 22.7. The molecule has 0 aliphatic heterocycles. The van der Waals surface area contributed by atoms with Gasteiger partial charge in [0.25, 0.3) is 5.91 Å². The van der Waals surface area contributed by atoms with Crippen LogP contribution in [0.25, 0.3) is 0 Å². The molecule has 29 heavy (non-hydrogen) atoms. The highest BCUT2D eigenvalue weighted by atomic mass is 16.5. The lowest BCUT2D eigenvalue weighted by Crippen LogP contribution is -2.47. The number of rotatable bonds is 7. The Kier molecular flexibility index (Phi) is 7.22. The van der Waals surface area contributed by atoms with E-state index in [1.807, 2.05) is 41.5 Å². The zero-order valence-corrected chi connectivity index (χ0v) is 18.8. The molecule has 1 heterocycles. The number of ether oxygens (including phenoxy) is 1. The fraction of sp³-hybridized carbons (Fsp3) is 0.522. The predicted octanol–water partition coefficient (Wildman–Crippen LogP) is 4.05. The molecule has 1 aromatic carbocycles. The van der Waals surface area contributed by atoms with E-state index in [0.29, 0.717) is 17.8 Å². The number of esters is 1. The van der Waals surface area contributed by atoms with Crippen molar-refractivity contribution in [2.24, 2.45) is 0 Å². The monoisotopic (exact) mass is 399 g/mol. The fourth-order valence-corrected chi connectivity index (χ4v) is 3.60. The number of carbonyl (C=O) groups is 2. The van der Waals surface area contributed by atoms with Crippen molar-refractivity contribution in [3.63, 3.8) is 0 Å². The van der Waals surface area contributed by atoms with Crippen molar-refractivity contribution < 1.29 is 14.3 Å². The minimum Gasteiger partial charge on any atom is -0.449 e. The molecule has 0 aliphatic carbocycles. The zero-order valence-electron chi connectivity index (χ0n) is 18.8. The van der Waals surface area contributed by atoms with Gasteiger partial charge in [-0.15, -0.1) is 0 Å². The summed E-state index contributed by atoms with van der Waals surface area (Å²) in [6.45, 7) is 15.7. The first-order chi connectivity index (χ1) is 13.5. The van der Waals surface area contributed by atoms with Crippen LogP contribution in [0.1, 0.15) is 67.5 Å². The Morgan fingerprint density at radius 3 is 2.07 bits per heavy atom. The van der Waals surface area contributed by atoms with E-state index in [9.17, 15) is 9.59 Å². The summed E-state index contributed by atoms with van der Waals surface area (Å²) in [6.07, 6.45) is -0.855. The summed E-state index contributed by atoms with van der Waals surface area (Å²) in [5, 5.41) is 4.51. The molecule has 0 aliphatic rings. The van der Waals surface area contributed by atoms with Gasteiger partial charge in [-0.2, -0.15) is 5.10 Å². The molecule has 0 N–H and O–H groups in total. The van der Waals surface area contributed by atoms with Crippen molar-refractivity contribution in [2.45, 2.75) is 80.1 Å². The van der Waals surface area contributed by atoms with E-state index in [1.165, 1.54) is 5.56 Å². The summed E-state index contributed by atoms with van der Waals surface area (Å²) in [5.74, 6) is -0.700. The zero-order chi connectivity index (χ0) is 21.9. The number of nitrogens with zero attached hydrogens (tertiary/aromatic N) is 3. The van der Waals surface area contributed by atoms with E-state index < -0.39 is 12.1 Å². The van der Waals surface area contributed by atoms with Gasteiger partial charge in [0, 0.05) is 12.1 Å². The van der Waals surface area contributed by atoms with Gasteiger partial charge in [-0.3, -0.25) is 9.48 Å². The maximum absolute atomic E-state index is 12.8. The molecule has 1 atom stereocenters. The lowest BCUT2D eigenvalue weighted by Gasteiger charge is -2.32. The van der Waals surface area contributed by atoms with E-state index in [1.54, 1.807) is 23.4 Å². The molecule has 6 heteroatoms. The SMILES string of the molecule is Cc1ccc(Cn2nc(C)c(C(=O)O[C@H](C)C(=O)N(C(C)C)C(C)C)c2C)cc1. The lowest BCUT2D eigenvalue weighted by atomic mass is 10.1. The van der Waals surface area contributed by atoms with Crippen LogP contribution in [0.2, 0.25) is 0 Å². The molecule has 6 nitrogen and oxygen atoms in total. The second-order valence-corrected chi connectivity index (χ2v) is 8.17. The van der Waals surface area contributed by atoms with Gasteiger partial charge >= 0.3 is 5.97 Å². The second-order valence-electron chi connectivity index (χ2n) is 8.17. The average molecular weight is 400 g/mol. The number of hydrogen-bond acceptors (Lipinski definition) is 4. The van der Waals surface area contributed by atoms with Crippen molar-refractivity contribution in [1.29, 1.82) is 0 Å². The van der Waals surface area contributed by atoms with Crippen molar-refractivity contribution >= 4 is 11.9 Å². The third-order valence-corrected chi connectivity index (χ3v) is 5.04. The van der Waals surface area contributed by atoms with Crippen molar-refractivity contribution in [3.05, 3.63) is 52.3 Å². The second kappa shape index (κ2) is 9.25. The number of amides is 1. The van der Waals surface area contributed by atoms with Gasteiger partial charge in [0.1, 0.15) is 5.56 Å². The standard InChI is InChI=1S/C23H33N3O3/c1-14(2)26(15(3)4)22(27)19(8)29-23(28)21-17(6)24-25(18(21)7)13-20-11-9-16(5)10-12-20/h9-12,14-15,19H,13H2,1-8H3/t19-/m1/s1. The Morgan fingerprint density at radius 2 is 1.55 bits per heavy atom. The van der Waals surface area contributed by atoms with Crippen LogP contribution in [0, 0.1) is 20.8 Å². The predicted molar refractivity (Wildman–Crippen MR) is 114 cm³/mol. The lowest BCUT2D eigenvalue weighted by molar-refractivity contribution is -0.143. The highest BCUT2D eigenvalue weighted by molar-refractivity contribution is 5.94. The molecule has 0 spiro atoms. The molecule has 2 rings (SSSR count). The van der Waals surface area contributed by atoms with E-state index in [2.05, 4.69) is 29.4 Å². The molecule has 0 saturated heterocycles. The Balaban J connectivity index is 2.17. The molecular formula is C23H33N3O3. The Morgan fingerprint density at radius 1 is 1.00 bits per heavy atom. The molecule has 2 aromatic rings. The molecule has 1 amide bonds. The van der Waals surface area contributed by atoms with Crippen LogP contribution in [0.15, 0.2) is 24.3 Å². The smallest absolute Gasteiger partial charge is 0.342 e. The summed E-state index contributed by atoms with van der Waals surface area (Å²) in [5.41, 5.74) is 4.06. The van der Waals surface area contributed by atoms with Crippen molar-refractivity contribution in [2.75, 3.05) is 0 Å². The number of aryl methyl sites for hydroxylation is 2. The molecule has 1 aromatic heterocycles. The first-order valence-electron chi connectivity index (χ1n) is 10.2. The molecule has 0 saturated carbocycles. The van der Waals surface area contributed by atoms with Crippen molar-refractivity contribution in [3.8, 4) is 0 Å². The van der Waals surface area contributed by atoms with Crippen LogP contribution in [0.5, 0.6) is 0 Å². The fourth-order valence-electron chi connectivity index (χ4n) is 3.60. The summed E-state index contributed by atoms with van der Waals surface area (Å²) >= 11 is 0. The summed E-state index contributed by atoms with van der Waals surface area (Å²) in [4.78, 5) is 27.3. The van der Waals surface area contributed by atoms with Gasteiger partial charge in [-0.05, 0) is 61.0 Å². The van der Waals surface area contributed by atoms with E-state index in [-0.39, 0.29) is 18.0 Å². The minimum atomic E-state index is -0.855. The van der Waals surface area contributed by atoms with Crippen molar-refractivity contribution in [1.82, 2.24) is 14.7 Å². The first-order valence-corrected chi connectivity index (χ1v) is 10.2. The van der Waals surface area contributed by atoms with Crippen LogP contribution in [-0.4, -0.2) is 44.7 Å². The van der Waals surface area contributed by atoms with Gasteiger partial charge in [0.15, 0.2) is 6.10 Å². The molecule has 0 bridgehead atoms. The van der Waals surface area contributed by atoms with Crippen LogP contribution in [-0.2, 0) is 16.1 Å². The Hall–Kier alpha value is -2.63. The maximum Gasteiger partial charge on any atom is 0.342 e. The maximum atomic E-state index is 12.8. The molecule has 0 unspecified atom stereocenters. The van der Waals surface area contributed by atoms with Crippen LogP contribution in [0.3, 0.4) is 0 Å².